The second-order valence-corrected chi connectivity index (χ2v) is 7.44. The number of hydrogen-bond donors (Lipinski definition) is 1. The highest BCUT2D eigenvalue weighted by Crippen LogP contribution is 2.16. The fraction of sp³-hybridized carbons (Fsp3) is 0.500. The number of carbonyl (C=O) groups excluding carboxylic acids is 1. The van der Waals surface area contributed by atoms with Crippen molar-refractivity contribution in [1.29, 1.82) is 0 Å². The summed E-state index contributed by atoms with van der Waals surface area (Å²) < 4.78 is 1.84. The van der Waals surface area contributed by atoms with Crippen LogP contribution in [-0.2, 0) is 11.3 Å². The summed E-state index contributed by atoms with van der Waals surface area (Å²) in [7, 11) is 0. The molecule has 1 amide bonds. The summed E-state index contributed by atoms with van der Waals surface area (Å²) in [4.78, 5) is 26.7. The number of fused-ring (bicyclic) bond motifs is 1. The molecule has 1 aliphatic heterocycles. The topological polar surface area (TPSA) is 54.3 Å². The lowest BCUT2D eigenvalue weighted by molar-refractivity contribution is -0.121. The van der Waals surface area contributed by atoms with Crippen molar-refractivity contribution in [1.82, 2.24) is 14.8 Å². The van der Waals surface area contributed by atoms with Gasteiger partial charge in [0.15, 0.2) is 5.43 Å². The molecular weight excluding hydrogens is 314 g/mol. The van der Waals surface area contributed by atoms with Crippen molar-refractivity contribution in [3.05, 3.63) is 46.8 Å². The van der Waals surface area contributed by atoms with E-state index < -0.39 is 0 Å². The van der Waals surface area contributed by atoms with Gasteiger partial charge in [-0.2, -0.15) is 0 Å². The fourth-order valence-corrected chi connectivity index (χ4v) is 3.63. The van der Waals surface area contributed by atoms with Crippen LogP contribution in [0.4, 0.5) is 0 Å². The number of pyridine rings is 1. The molecule has 1 aliphatic rings. The van der Waals surface area contributed by atoms with Gasteiger partial charge in [-0.1, -0.05) is 26.0 Å². The Bertz CT molecular complexity index is 797. The zero-order valence-electron chi connectivity index (χ0n) is 15.1. The molecule has 5 heteroatoms. The van der Waals surface area contributed by atoms with Gasteiger partial charge < -0.3 is 14.8 Å². The standard InChI is InChI=1S/C20H27N3O2/c1-15(2)12-22-9-7-16(13-22)11-21-20(25)14-23-10-8-19(24)17-5-3-4-6-18(17)23/h3-6,8,10,15-16H,7,9,11-14H2,1-2H3,(H,21,25). The predicted molar refractivity (Wildman–Crippen MR) is 101 cm³/mol. The molecule has 0 radical (unpaired) electrons. The second-order valence-electron chi connectivity index (χ2n) is 7.44. The van der Waals surface area contributed by atoms with Crippen LogP contribution in [0.15, 0.2) is 41.3 Å². The maximum absolute atomic E-state index is 12.3. The van der Waals surface area contributed by atoms with Crippen molar-refractivity contribution in [3.8, 4) is 0 Å². The van der Waals surface area contributed by atoms with E-state index in [1.165, 1.54) is 6.07 Å². The minimum Gasteiger partial charge on any atom is -0.354 e. The van der Waals surface area contributed by atoms with Crippen LogP contribution in [-0.4, -0.2) is 41.6 Å². The third-order valence-corrected chi connectivity index (χ3v) is 4.78. The Hall–Kier alpha value is -2.14. The molecule has 1 unspecified atom stereocenters. The number of nitrogens with one attached hydrogen (secondary N) is 1. The van der Waals surface area contributed by atoms with Crippen LogP contribution in [0.3, 0.4) is 0 Å². The largest absolute Gasteiger partial charge is 0.354 e. The number of benzene rings is 1. The van der Waals surface area contributed by atoms with E-state index in [4.69, 9.17) is 0 Å². The van der Waals surface area contributed by atoms with Crippen LogP contribution in [0, 0.1) is 11.8 Å². The number of carbonyl (C=O) groups is 1. The van der Waals surface area contributed by atoms with E-state index in [1.54, 1.807) is 12.3 Å². The predicted octanol–water partition coefficient (Wildman–Crippen LogP) is 2.10. The van der Waals surface area contributed by atoms with Crippen molar-refractivity contribution >= 4 is 16.8 Å². The molecule has 0 bridgehead atoms. The summed E-state index contributed by atoms with van der Waals surface area (Å²) in [5.41, 5.74) is 0.789. The van der Waals surface area contributed by atoms with Crippen LogP contribution in [0.2, 0.25) is 0 Å². The molecule has 1 fully saturated rings. The van der Waals surface area contributed by atoms with Gasteiger partial charge in [0, 0.05) is 37.3 Å². The Morgan fingerprint density at radius 3 is 2.88 bits per heavy atom. The van der Waals surface area contributed by atoms with E-state index in [0.717, 1.165) is 38.1 Å². The smallest absolute Gasteiger partial charge is 0.239 e. The molecule has 5 nitrogen and oxygen atoms in total. The van der Waals surface area contributed by atoms with Gasteiger partial charge in [0.2, 0.25) is 5.91 Å². The second kappa shape index (κ2) is 7.83. The normalized spacial score (nSPS) is 18.1. The Morgan fingerprint density at radius 2 is 2.08 bits per heavy atom. The number of hydrogen-bond acceptors (Lipinski definition) is 3. The molecule has 1 aromatic heterocycles. The Morgan fingerprint density at radius 1 is 1.28 bits per heavy atom. The molecule has 0 saturated carbocycles. The molecule has 1 N–H and O–H groups in total. The molecule has 1 aromatic carbocycles. The molecule has 2 heterocycles. The molecule has 134 valence electrons. The number of likely N-dealkylation sites (tertiary alicyclic amines) is 1. The molecule has 3 rings (SSSR count). The summed E-state index contributed by atoms with van der Waals surface area (Å²) in [5.74, 6) is 1.21. The molecule has 1 atom stereocenters. The number of aromatic nitrogens is 1. The number of para-hydroxylation sites is 1. The summed E-state index contributed by atoms with van der Waals surface area (Å²) >= 11 is 0. The minimum absolute atomic E-state index is 0.00360. The third-order valence-electron chi connectivity index (χ3n) is 4.78. The maximum atomic E-state index is 12.3. The first kappa shape index (κ1) is 17.7. The van der Waals surface area contributed by atoms with E-state index in [9.17, 15) is 9.59 Å². The lowest BCUT2D eigenvalue weighted by atomic mass is 10.1. The van der Waals surface area contributed by atoms with Gasteiger partial charge in [0.25, 0.3) is 0 Å². The van der Waals surface area contributed by atoms with Crippen molar-refractivity contribution in [3.63, 3.8) is 0 Å². The lowest BCUT2D eigenvalue weighted by Gasteiger charge is -2.18. The summed E-state index contributed by atoms with van der Waals surface area (Å²) in [5, 5.41) is 3.71. The van der Waals surface area contributed by atoms with Crippen molar-refractivity contribution in [2.75, 3.05) is 26.2 Å². The molecule has 1 saturated heterocycles. The van der Waals surface area contributed by atoms with Gasteiger partial charge in [-0.25, -0.2) is 0 Å². The highest BCUT2D eigenvalue weighted by atomic mass is 16.2. The third kappa shape index (κ3) is 4.48. The maximum Gasteiger partial charge on any atom is 0.239 e. The van der Waals surface area contributed by atoms with Gasteiger partial charge in [-0.05, 0) is 36.9 Å². The first-order chi connectivity index (χ1) is 12.0. The van der Waals surface area contributed by atoms with Gasteiger partial charge in [-0.15, -0.1) is 0 Å². The fourth-order valence-electron chi connectivity index (χ4n) is 3.63. The molecule has 2 aromatic rings. The Labute approximate surface area is 148 Å². The monoisotopic (exact) mass is 341 g/mol. The highest BCUT2D eigenvalue weighted by molar-refractivity contribution is 5.82. The van der Waals surface area contributed by atoms with Crippen LogP contribution in [0.25, 0.3) is 10.9 Å². The van der Waals surface area contributed by atoms with Gasteiger partial charge in [0.05, 0.1) is 5.52 Å². The summed E-state index contributed by atoms with van der Waals surface area (Å²) in [6.45, 7) is 8.78. The van der Waals surface area contributed by atoms with Crippen LogP contribution < -0.4 is 10.7 Å². The van der Waals surface area contributed by atoms with Gasteiger partial charge in [-0.3, -0.25) is 9.59 Å². The zero-order valence-corrected chi connectivity index (χ0v) is 15.1. The van der Waals surface area contributed by atoms with Crippen LogP contribution >= 0.6 is 0 Å². The Kier molecular flexibility index (Phi) is 5.53. The van der Waals surface area contributed by atoms with Crippen molar-refractivity contribution in [2.45, 2.75) is 26.8 Å². The van der Waals surface area contributed by atoms with E-state index in [2.05, 4.69) is 24.1 Å². The number of amides is 1. The van der Waals surface area contributed by atoms with E-state index in [0.29, 0.717) is 17.2 Å². The average Bonchev–Trinajstić information content (AvgIpc) is 3.02. The first-order valence-corrected chi connectivity index (χ1v) is 9.10. The summed E-state index contributed by atoms with van der Waals surface area (Å²) in [6.07, 6.45) is 2.85. The molecule has 0 aliphatic carbocycles. The Balaban J connectivity index is 1.56. The van der Waals surface area contributed by atoms with Crippen LogP contribution in [0.1, 0.15) is 20.3 Å². The van der Waals surface area contributed by atoms with Crippen LogP contribution in [0.5, 0.6) is 0 Å². The number of nitrogens with zero attached hydrogens (tertiary/aromatic N) is 2. The average molecular weight is 341 g/mol. The van der Waals surface area contributed by atoms with Gasteiger partial charge in [0.1, 0.15) is 6.54 Å². The van der Waals surface area contributed by atoms with Crippen molar-refractivity contribution in [2.24, 2.45) is 11.8 Å². The van der Waals surface area contributed by atoms with E-state index in [-0.39, 0.29) is 17.9 Å². The molecule has 0 spiro atoms. The van der Waals surface area contributed by atoms with E-state index in [1.807, 2.05) is 22.8 Å². The number of rotatable bonds is 6. The quantitative estimate of drug-likeness (QED) is 0.875. The first-order valence-electron chi connectivity index (χ1n) is 9.10. The minimum atomic E-state index is -0.0107. The summed E-state index contributed by atoms with van der Waals surface area (Å²) in [6, 6.07) is 8.93. The zero-order chi connectivity index (χ0) is 17.8. The lowest BCUT2D eigenvalue weighted by Crippen LogP contribution is -2.34. The van der Waals surface area contributed by atoms with Crippen molar-refractivity contribution < 1.29 is 4.79 Å². The highest BCUT2D eigenvalue weighted by Gasteiger charge is 2.23. The SMILES string of the molecule is CC(C)CN1CCC(CNC(=O)Cn2ccc(=O)c3ccccc32)C1. The van der Waals surface area contributed by atoms with Gasteiger partial charge >= 0.3 is 0 Å². The molecule has 25 heavy (non-hydrogen) atoms. The van der Waals surface area contributed by atoms with E-state index >= 15 is 0 Å². The molecular formula is C20H27N3O2.